The smallest absolute Gasteiger partial charge is 0 e. The van der Waals surface area contributed by atoms with E-state index in [2.05, 4.69) is 63.4 Å². The molecule has 2 radical (unpaired) electrons. The van der Waals surface area contributed by atoms with Gasteiger partial charge in [-0.2, -0.15) is 0 Å². The van der Waals surface area contributed by atoms with Crippen LogP contribution in [-0.4, -0.2) is 7.11 Å². The van der Waals surface area contributed by atoms with Gasteiger partial charge in [0.1, 0.15) is 0 Å². The van der Waals surface area contributed by atoms with E-state index in [1.165, 1.54) is 12.8 Å². The van der Waals surface area contributed by atoms with E-state index < -0.39 is 0 Å². The molecule has 0 aromatic carbocycles. The Balaban J connectivity index is -0.0000000261. The minimum absolute atomic E-state index is 0. The largest absolute Gasteiger partial charge is 0 e. The van der Waals surface area contributed by atoms with E-state index in [0.717, 1.165) is 6.42 Å². The van der Waals surface area contributed by atoms with Gasteiger partial charge in [-0.25, -0.2) is 0 Å². The molecule has 0 amide bonds. The van der Waals surface area contributed by atoms with Gasteiger partial charge in [-0.15, -0.1) is 0 Å². The van der Waals surface area contributed by atoms with Gasteiger partial charge in [0, 0.05) is 30.9 Å². The van der Waals surface area contributed by atoms with Crippen LogP contribution >= 0.6 is 0 Å². The summed E-state index contributed by atoms with van der Waals surface area (Å²) in [6, 6.07) is 0. The summed E-state index contributed by atoms with van der Waals surface area (Å²) in [5.74, 6) is 5.55. The molecule has 0 aromatic heterocycles. The third kappa shape index (κ3) is 184. The molecule has 0 rings (SSSR count). The second-order valence-electron chi connectivity index (χ2n) is 1.71. The maximum atomic E-state index is 7.50. The fraction of sp³-hybridized carbons (Fsp3) is 0.385. The average molecular weight is 316 g/mol. The molecule has 0 aromatic rings. The summed E-state index contributed by atoms with van der Waals surface area (Å²) in [6.07, 6.45) is 3.31. The topological polar surface area (TPSA) is 109 Å². The van der Waals surface area contributed by atoms with Gasteiger partial charge >= 0.3 is 56.5 Å². The normalized spacial score (nSPS) is 4.20. The predicted octanol–water partition coefficient (Wildman–Crippen LogP) is 1.68. The Hall–Kier alpha value is -1.25. The van der Waals surface area contributed by atoms with Crippen LogP contribution in [0.4, 0.5) is 0 Å². The van der Waals surface area contributed by atoms with Crippen LogP contribution in [0, 0.1) is 51.7 Å². The SMILES string of the molecule is CCCCC#C[C]OC.[C-]#[O+].[C-]#[O+].[C-]#[O+].[C-]#[O+].[C-]#[O+].[Cr]. The maximum absolute atomic E-state index is 7.50. The maximum Gasteiger partial charge on any atom is 0 e. The Kier molecular flexibility index (Phi) is 322. The Labute approximate surface area is 131 Å². The van der Waals surface area contributed by atoms with Crippen LogP contribution in [0.3, 0.4) is 0 Å². The monoisotopic (exact) mass is 316 g/mol. The second-order valence-corrected chi connectivity index (χ2v) is 1.71. The predicted molar refractivity (Wildman–Crippen MR) is 57.2 cm³/mol. The summed E-state index contributed by atoms with van der Waals surface area (Å²) in [6.45, 7) is 27.1. The van der Waals surface area contributed by atoms with Gasteiger partial charge in [-0.05, 0) is 6.42 Å². The molecule has 0 saturated carbocycles. The Morgan fingerprint density at radius 3 is 1.45 bits per heavy atom. The van der Waals surface area contributed by atoms with Crippen molar-refractivity contribution in [3.8, 4) is 11.8 Å². The van der Waals surface area contributed by atoms with Crippen molar-refractivity contribution >= 4 is 0 Å². The summed E-state index contributed by atoms with van der Waals surface area (Å²) in [7, 11) is 1.55. The summed E-state index contributed by atoms with van der Waals surface area (Å²) in [5.41, 5.74) is 0. The fourth-order valence-corrected chi connectivity index (χ4v) is 0.415. The molecule has 0 unspecified atom stereocenters. The number of hydrogen-bond donors (Lipinski definition) is 0. The number of rotatable bonds is 3. The number of ether oxygens (including phenoxy) is 1. The second kappa shape index (κ2) is 151. The van der Waals surface area contributed by atoms with E-state index in [-0.39, 0.29) is 17.4 Å². The average Bonchev–Trinajstić information content (AvgIpc) is 2.57. The molecule has 106 valence electrons. The van der Waals surface area contributed by atoms with Crippen LogP contribution in [0.25, 0.3) is 0 Å². The standard InChI is InChI=1S/C8H12O.5CO.Cr/c1-3-4-5-6-7-8-9-2;5*1-2;/h3-5H2,1-2H3;;;;;;. The molecule has 0 aliphatic heterocycles. The van der Waals surface area contributed by atoms with Gasteiger partial charge in [0.25, 0.3) is 0 Å². The quantitative estimate of drug-likeness (QED) is 0.335. The van der Waals surface area contributed by atoms with Crippen molar-refractivity contribution in [2.24, 2.45) is 0 Å². The molecule has 0 spiro atoms. The zero-order chi connectivity index (χ0) is 16.9. The molecule has 0 aliphatic rings. The summed E-state index contributed by atoms with van der Waals surface area (Å²) < 4.78 is 42.0. The molecular formula is C13H12CrO6. The van der Waals surface area contributed by atoms with Crippen LogP contribution in [0.5, 0.6) is 0 Å². The van der Waals surface area contributed by atoms with E-state index >= 15 is 0 Å². The third-order valence-corrected chi connectivity index (χ3v) is 0.897. The van der Waals surface area contributed by atoms with Crippen molar-refractivity contribution in [3.63, 3.8) is 0 Å². The number of methoxy groups -OCH3 is 1. The molecule has 0 fully saturated rings. The minimum Gasteiger partial charge on any atom is 0 e. The van der Waals surface area contributed by atoms with Crippen molar-refractivity contribution in [1.29, 1.82) is 0 Å². The number of hydrogen-bond acceptors (Lipinski definition) is 1. The molecular weight excluding hydrogens is 304 g/mol. The van der Waals surface area contributed by atoms with E-state index in [9.17, 15) is 0 Å². The third-order valence-electron chi connectivity index (χ3n) is 0.897. The minimum atomic E-state index is 0. The van der Waals surface area contributed by atoms with E-state index in [1.807, 2.05) is 0 Å². The summed E-state index contributed by atoms with van der Waals surface area (Å²) in [4.78, 5) is 0. The first-order valence-corrected chi connectivity index (χ1v) is 4.19. The van der Waals surface area contributed by atoms with Crippen LogP contribution in [-0.2, 0) is 45.4 Å². The first-order chi connectivity index (χ1) is 9.41. The molecule has 0 saturated heterocycles. The molecule has 0 atom stereocenters. The first kappa shape index (κ1) is 42.8. The van der Waals surface area contributed by atoms with Crippen LogP contribution in [0.15, 0.2) is 0 Å². The van der Waals surface area contributed by atoms with E-state index in [4.69, 9.17) is 23.3 Å². The first-order valence-electron chi connectivity index (χ1n) is 4.19. The molecule has 20 heavy (non-hydrogen) atoms. The van der Waals surface area contributed by atoms with Gasteiger partial charge in [-0.3, -0.25) is 0 Å². The van der Waals surface area contributed by atoms with Gasteiger partial charge in [-0.1, -0.05) is 25.2 Å². The van der Waals surface area contributed by atoms with Crippen LogP contribution < -0.4 is 0 Å². The van der Waals surface area contributed by atoms with Crippen molar-refractivity contribution in [3.05, 3.63) is 39.9 Å². The molecule has 0 heterocycles. The van der Waals surface area contributed by atoms with Gasteiger partial charge in [0.2, 0.25) is 6.61 Å². The Morgan fingerprint density at radius 2 is 1.20 bits per heavy atom. The molecule has 0 aliphatic carbocycles. The number of unbranched alkanes of at least 4 members (excludes halogenated alkanes) is 2. The molecule has 6 nitrogen and oxygen atoms in total. The Bertz CT molecular complexity index is 232. The Morgan fingerprint density at radius 1 is 0.850 bits per heavy atom. The summed E-state index contributed by atoms with van der Waals surface area (Å²) in [5, 5.41) is 0. The molecule has 0 N–H and O–H groups in total. The van der Waals surface area contributed by atoms with Gasteiger partial charge in [0.15, 0.2) is 0 Å². The zero-order valence-electron chi connectivity index (χ0n) is 11.0. The summed E-state index contributed by atoms with van der Waals surface area (Å²) >= 11 is 0. The molecule has 7 heteroatoms. The van der Waals surface area contributed by atoms with Crippen LogP contribution in [0.1, 0.15) is 26.2 Å². The van der Waals surface area contributed by atoms with E-state index in [0.29, 0.717) is 0 Å². The zero-order valence-corrected chi connectivity index (χ0v) is 12.3. The van der Waals surface area contributed by atoms with Crippen LogP contribution in [0.2, 0.25) is 0 Å². The van der Waals surface area contributed by atoms with Crippen molar-refractivity contribution in [1.82, 2.24) is 0 Å². The van der Waals surface area contributed by atoms with Gasteiger partial charge in [0.05, 0.1) is 0 Å². The van der Waals surface area contributed by atoms with E-state index in [1.54, 1.807) is 7.11 Å². The van der Waals surface area contributed by atoms with Gasteiger partial charge < -0.3 is 4.74 Å². The van der Waals surface area contributed by atoms with Crippen molar-refractivity contribution < 1.29 is 45.4 Å². The fourth-order valence-electron chi connectivity index (χ4n) is 0.415. The molecule has 0 bridgehead atoms. The van der Waals surface area contributed by atoms with Crippen molar-refractivity contribution in [2.75, 3.05) is 7.11 Å². The van der Waals surface area contributed by atoms with Crippen molar-refractivity contribution in [2.45, 2.75) is 26.2 Å².